The zero-order valence-corrected chi connectivity index (χ0v) is 10.7. The Morgan fingerprint density at radius 2 is 1.88 bits per heavy atom. The Bertz CT molecular complexity index is 380. The molecule has 0 saturated carbocycles. The molecule has 0 spiro atoms. The van der Waals surface area contributed by atoms with Crippen LogP contribution in [-0.2, 0) is 0 Å². The van der Waals surface area contributed by atoms with Crippen LogP contribution in [0.4, 0.5) is 5.69 Å². The van der Waals surface area contributed by atoms with E-state index in [-0.39, 0.29) is 0 Å². The van der Waals surface area contributed by atoms with Crippen molar-refractivity contribution in [1.82, 2.24) is 5.32 Å². The zero-order chi connectivity index (χ0) is 13.0. The van der Waals surface area contributed by atoms with Crippen LogP contribution in [0, 0.1) is 13.8 Å². The minimum absolute atomic E-state index is 0.514. The van der Waals surface area contributed by atoms with E-state index >= 15 is 0 Å². The highest BCUT2D eigenvalue weighted by Gasteiger charge is 2.20. The predicted octanol–water partition coefficient (Wildman–Crippen LogP) is 0.889. The van der Waals surface area contributed by atoms with Crippen molar-refractivity contribution in [3.05, 3.63) is 28.8 Å². The van der Waals surface area contributed by atoms with Crippen LogP contribution in [0.1, 0.15) is 29.2 Å². The topological polar surface area (TPSA) is 78.5 Å². The van der Waals surface area contributed by atoms with Gasteiger partial charge in [-0.3, -0.25) is 0 Å². The highest BCUT2D eigenvalue weighted by molar-refractivity contribution is 5.51. The van der Waals surface area contributed by atoms with Crippen LogP contribution in [0.25, 0.3) is 0 Å². The first-order valence-electron chi connectivity index (χ1n) is 5.84. The standard InChI is InChI=1S/C13H22N2O2/c1-8-7-11(14)9(2)6-10(8)13(17)12(16)4-5-15-3/h6-7,12-13,15-17H,4-5,14H2,1-3H3. The molecule has 2 atom stereocenters. The molecule has 0 radical (unpaired) electrons. The molecule has 0 fully saturated rings. The van der Waals surface area contributed by atoms with Gasteiger partial charge in [0, 0.05) is 5.69 Å². The fourth-order valence-electron chi connectivity index (χ4n) is 1.84. The second kappa shape index (κ2) is 6.00. The van der Waals surface area contributed by atoms with E-state index in [9.17, 15) is 10.2 Å². The third-order valence-electron chi connectivity index (χ3n) is 3.03. The SMILES string of the molecule is CNCCC(O)C(O)c1cc(C)c(N)cc1C. The molecule has 1 aromatic carbocycles. The molecule has 0 saturated heterocycles. The van der Waals surface area contributed by atoms with Gasteiger partial charge in [-0.25, -0.2) is 0 Å². The van der Waals surface area contributed by atoms with Crippen LogP contribution >= 0.6 is 0 Å². The number of anilines is 1. The largest absolute Gasteiger partial charge is 0.399 e. The lowest BCUT2D eigenvalue weighted by molar-refractivity contribution is 0.0136. The fourth-order valence-corrected chi connectivity index (χ4v) is 1.84. The van der Waals surface area contributed by atoms with Crippen molar-refractivity contribution in [2.75, 3.05) is 19.3 Å². The molecule has 1 aromatic rings. The van der Waals surface area contributed by atoms with Gasteiger partial charge in [0.05, 0.1) is 6.10 Å². The zero-order valence-electron chi connectivity index (χ0n) is 10.7. The van der Waals surface area contributed by atoms with E-state index in [1.165, 1.54) is 0 Å². The van der Waals surface area contributed by atoms with Crippen molar-refractivity contribution in [3.63, 3.8) is 0 Å². The number of aliphatic hydroxyl groups is 2. The summed E-state index contributed by atoms with van der Waals surface area (Å²) in [5.74, 6) is 0. The maximum Gasteiger partial charge on any atom is 0.105 e. The lowest BCUT2D eigenvalue weighted by atomic mass is 9.95. The number of aryl methyl sites for hydroxylation is 2. The van der Waals surface area contributed by atoms with Crippen LogP contribution in [-0.4, -0.2) is 29.9 Å². The summed E-state index contributed by atoms with van der Waals surface area (Å²) >= 11 is 0. The Morgan fingerprint density at radius 3 is 2.47 bits per heavy atom. The van der Waals surface area contributed by atoms with Crippen LogP contribution in [0.2, 0.25) is 0 Å². The van der Waals surface area contributed by atoms with E-state index in [1.54, 1.807) is 0 Å². The molecule has 0 aliphatic carbocycles. The summed E-state index contributed by atoms with van der Waals surface area (Å²) in [6.07, 6.45) is -1.10. The van der Waals surface area contributed by atoms with Gasteiger partial charge in [0.2, 0.25) is 0 Å². The molecule has 4 nitrogen and oxygen atoms in total. The molecular formula is C13H22N2O2. The van der Waals surface area contributed by atoms with Gasteiger partial charge in [-0.2, -0.15) is 0 Å². The Balaban J connectivity index is 2.88. The summed E-state index contributed by atoms with van der Waals surface area (Å²) in [6, 6.07) is 3.68. The predicted molar refractivity (Wildman–Crippen MR) is 69.8 cm³/mol. The second-order valence-corrected chi connectivity index (χ2v) is 4.47. The van der Waals surface area contributed by atoms with Gasteiger partial charge in [-0.1, -0.05) is 6.07 Å². The fraction of sp³-hybridized carbons (Fsp3) is 0.538. The Morgan fingerprint density at radius 1 is 1.24 bits per heavy atom. The van der Waals surface area contributed by atoms with Crippen molar-refractivity contribution < 1.29 is 10.2 Å². The third-order valence-corrected chi connectivity index (χ3v) is 3.03. The molecular weight excluding hydrogens is 216 g/mol. The van der Waals surface area contributed by atoms with E-state index in [0.717, 1.165) is 16.7 Å². The van der Waals surface area contributed by atoms with Gasteiger partial charge >= 0.3 is 0 Å². The van der Waals surface area contributed by atoms with E-state index in [4.69, 9.17) is 5.73 Å². The maximum absolute atomic E-state index is 10.1. The first-order chi connectivity index (χ1) is 7.97. The van der Waals surface area contributed by atoms with E-state index in [0.29, 0.717) is 18.7 Å². The molecule has 1 rings (SSSR count). The number of benzene rings is 1. The molecule has 0 aliphatic rings. The van der Waals surface area contributed by atoms with Crippen molar-refractivity contribution in [1.29, 1.82) is 0 Å². The smallest absolute Gasteiger partial charge is 0.105 e. The molecule has 0 aliphatic heterocycles. The number of aliphatic hydroxyl groups excluding tert-OH is 2. The van der Waals surface area contributed by atoms with Crippen LogP contribution in [0.3, 0.4) is 0 Å². The summed E-state index contributed by atoms with van der Waals surface area (Å²) in [4.78, 5) is 0. The first kappa shape index (κ1) is 14.0. The first-order valence-corrected chi connectivity index (χ1v) is 5.84. The summed E-state index contributed by atoms with van der Waals surface area (Å²) in [5, 5.41) is 22.9. The molecule has 17 heavy (non-hydrogen) atoms. The van der Waals surface area contributed by atoms with Gasteiger partial charge in [0.25, 0.3) is 0 Å². The number of nitrogens with one attached hydrogen (secondary N) is 1. The third kappa shape index (κ3) is 3.43. The summed E-state index contributed by atoms with van der Waals surface area (Å²) < 4.78 is 0. The highest BCUT2D eigenvalue weighted by atomic mass is 16.3. The van der Waals surface area contributed by atoms with Crippen molar-refractivity contribution in [2.45, 2.75) is 32.5 Å². The molecule has 4 heteroatoms. The Hall–Kier alpha value is -1.10. The summed E-state index contributed by atoms with van der Waals surface area (Å²) in [6.45, 7) is 4.45. The average molecular weight is 238 g/mol. The van der Waals surface area contributed by atoms with Gasteiger partial charge in [-0.05, 0) is 56.6 Å². The number of rotatable bonds is 5. The minimum Gasteiger partial charge on any atom is -0.399 e. The molecule has 96 valence electrons. The summed E-state index contributed by atoms with van der Waals surface area (Å²) in [5.41, 5.74) is 9.08. The number of hydrogen-bond donors (Lipinski definition) is 4. The van der Waals surface area contributed by atoms with Gasteiger partial charge in [0.1, 0.15) is 6.10 Å². The van der Waals surface area contributed by atoms with E-state index in [2.05, 4.69) is 5.32 Å². The second-order valence-electron chi connectivity index (χ2n) is 4.47. The van der Waals surface area contributed by atoms with Gasteiger partial charge < -0.3 is 21.3 Å². The van der Waals surface area contributed by atoms with Crippen molar-refractivity contribution in [2.24, 2.45) is 0 Å². The maximum atomic E-state index is 10.1. The summed E-state index contributed by atoms with van der Waals surface area (Å²) in [7, 11) is 1.82. The van der Waals surface area contributed by atoms with E-state index < -0.39 is 12.2 Å². The van der Waals surface area contributed by atoms with Gasteiger partial charge in [0.15, 0.2) is 0 Å². The highest BCUT2D eigenvalue weighted by Crippen LogP contribution is 2.26. The van der Waals surface area contributed by atoms with Gasteiger partial charge in [-0.15, -0.1) is 0 Å². The number of nitrogens with two attached hydrogens (primary N) is 1. The van der Waals surface area contributed by atoms with Crippen LogP contribution < -0.4 is 11.1 Å². The molecule has 2 unspecified atom stereocenters. The quantitative estimate of drug-likeness (QED) is 0.574. The molecule has 5 N–H and O–H groups in total. The lowest BCUT2D eigenvalue weighted by Gasteiger charge is -2.21. The minimum atomic E-state index is -0.859. The number of nitrogen functional groups attached to an aromatic ring is 1. The Labute approximate surface area is 102 Å². The molecule has 0 amide bonds. The van der Waals surface area contributed by atoms with Crippen LogP contribution in [0.5, 0.6) is 0 Å². The van der Waals surface area contributed by atoms with E-state index in [1.807, 2.05) is 33.0 Å². The lowest BCUT2D eigenvalue weighted by Crippen LogP contribution is -2.24. The van der Waals surface area contributed by atoms with Crippen molar-refractivity contribution >= 4 is 5.69 Å². The normalized spacial score (nSPS) is 14.6. The van der Waals surface area contributed by atoms with Crippen LogP contribution in [0.15, 0.2) is 12.1 Å². The Kier molecular flexibility index (Phi) is 4.93. The molecule has 0 aromatic heterocycles. The monoisotopic (exact) mass is 238 g/mol. The molecule has 0 bridgehead atoms. The number of hydrogen-bond acceptors (Lipinski definition) is 4. The molecule has 0 heterocycles. The average Bonchev–Trinajstić information content (AvgIpc) is 2.29. The van der Waals surface area contributed by atoms with Crippen molar-refractivity contribution in [3.8, 4) is 0 Å².